The Balaban J connectivity index is 1.84. The van der Waals surface area contributed by atoms with E-state index in [0.717, 1.165) is 5.56 Å². The average molecular weight is 382 g/mol. The quantitative estimate of drug-likeness (QED) is 0.705. The molecule has 1 amide bonds. The van der Waals surface area contributed by atoms with Gasteiger partial charge >= 0.3 is 5.97 Å². The zero-order valence-corrected chi connectivity index (χ0v) is 16.0. The molecule has 0 aliphatic carbocycles. The van der Waals surface area contributed by atoms with E-state index in [1.807, 2.05) is 24.3 Å². The smallest absolute Gasteiger partial charge is 0.347 e. The van der Waals surface area contributed by atoms with Gasteiger partial charge in [0.2, 0.25) is 0 Å². The molecular weight excluding hydrogens is 360 g/mol. The molecule has 0 fully saturated rings. The molecule has 7 nitrogen and oxygen atoms in total. The number of esters is 1. The highest BCUT2D eigenvalue weighted by Crippen LogP contribution is 2.17. The van der Waals surface area contributed by atoms with E-state index in [0.29, 0.717) is 17.1 Å². The second-order valence-corrected chi connectivity index (χ2v) is 6.01. The summed E-state index contributed by atoms with van der Waals surface area (Å²) in [5.74, 6) is 0.00254. The van der Waals surface area contributed by atoms with Crippen molar-refractivity contribution >= 4 is 11.9 Å². The maximum absolute atomic E-state index is 12.2. The van der Waals surface area contributed by atoms with Crippen molar-refractivity contribution in [1.29, 1.82) is 5.26 Å². The van der Waals surface area contributed by atoms with E-state index in [2.05, 4.69) is 5.32 Å². The minimum atomic E-state index is -0.978. The first-order valence-electron chi connectivity index (χ1n) is 8.71. The van der Waals surface area contributed by atoms with Gasteiger partial charge in [0, 0.05) is 12.1 Å². The number of para-hydroxylation sites is 1. The fourth-order valence-corrected chi connectivity index (χ4v) is 2.36. The molecule has 28 heavy (non-hydrogen) atoms. The molecule has 0 bridgehead atoms. The van der Waals surface area contributed by atoms with Crippen LogP contribution in [0.1, 0.15) is 25.0 Å². The molecule has 0 saturated carbocycles. The molecule has 0 heterocycles. The zero-order valence-electron chi connectivity index (χ0n) is 16.0. The first-order valence-corrected chi connectivity index (χ1v) is 8.71. The summed E-state index contributed by atoms with van der Waals surface area (Å²) < 4.78 is 15.9. The van der Waals surface area contributed by atoms with Crippen LogP contribution in [0.3, 0.4) is 0 Å². The molecule has 2 aromatic carbocycles. The highest BCUT2D eigenvalue weighted by atomic mass is 16.6. The lowest BCUT2D eigenvalue weighted by Gasteiger charge is -2.18. The van der Waals surface area contributed by atoms with Crippen molar-refractivity contribution in [3.05, 3.63) is 59.7 Å². The first kappa shape index (κ1) is 20.8. The highest BCUT2D eigenvalue weighted by Gasteiger charge is 2.23. The van der Waals surface area contributed by atoms with E-state index in [4.69, 9.17) is 19.5 Å². The molecule has 2 aromatic rings. The Bertz CT molecular complexity index is 858. The minimum Gasteiger partial charge on any atom is -0.496 e. The maximum atomic E-state index is 12.2. The molecule has 0 spiro atoms. The lowest BCUT2D eigenvalue weighted by atomic mass is 10.2. The Labute approximate surface area is 163 Å². The van der Waals surface area contributed by atoms with Gasteiger partial charge in [0.15, 0.2) is 12.2 Å². The van der Waals surface area contributed by atoms with Crippen LogP contribution in [0.15, 0.2) is 48.5 Å². The summed E-state index contributed by atoms with van der Waals surface area (Å²) in [6.07, 6.45) is -1.88. The summed E-state index contributed by atoms with van der Waals surface area (Å²) >= 11 is 0. The second-order valence-electron chi connectivity index (χ2n) is 6.01. The minimum absolute atomic E-state index is 0.252. The van der Waals surface area contributed by atoms with Crippen LogP contribution >= 0.6 is 0 Å². The number of nitrogens with one attached hydrogen (secondary N) is 1. The molecule has 7 heteroatoms. The molecule has 0 unspecified atom stereocenters. The van der Waals surface area contributed by atoms with E-state index in [1.165, 1.54) is 13.8 Å². The fourth-order valence-electron chi connectivity index (χ4n) is 2.36. The first-order chi connectivity index (χ1) is 13.4. The predicted octanol–water partition coefficient (Wildman–Crippen LogP) is 2.58. The van der Waals surface area contributed by atoms with Crippen LogP contribution in [0.25, 0.3) is 0 Å². The summed E-state index contributed by atoms with van der Waals surface area (Å²) in [5.41, 5.74) is 1.30. The van der Waals surface area contributed by atoms with Crippen LogP contribution in [-0.2, 0) is 20.9 Å². The molecule has 0 radical (unpaired) electrons. The topological polar surface area (TPSA) is 97.7 Å². The molecular formula is C21H22N2O5. The van der Waals surface area contributed by atoms with E-state index in [9.17, 15) is 9.59 Å². The van der Waals surface area contributed by atoms with Crippen molar-refractivity contribution in [2.24, 2.45) is 0 Å². The third kappa shape index (κ3) is 5.74. The van der Waals surface area contributed by atoms with Gasteiger partial charge < -0.3 is 19.5 Å². The number of methoxy groups -OCH3 is 1. The third-order valence-electron chi connectivity index (χ3n) is 3.94. The summed E-state index contributed by atoms with van der Waals surface area (Å²) in [6.45, 7) is 3.27. The van der Waals surface area contributed by atoms with Gasteiger partial charge in [-0.3, -0.25) is 4.79 Å². The van der Waals surface area contributed by atoms with Crippen molar-refractivity contribution < 1.29 is 23.8 Å². The number of hydrogen-bond donors (Lipinski definition) is 1. The molecule has 146 valence electrons. The SMILES string of the molecule is COc1ccccc1CNC(=O)[C@H](C)OC(=O)[C@H](C)Oc1ccc(C#N)cc1. The van der Waals surface area contributed by atoms with E-state index in [-0.39, 0.29) is 6.54 Å². The number of rotatable bonds is 8. The summed E-state index contributed by atoms with van der Waals surface area (Å²) in [5, 5.41) is 11.5. The van der Waals surface area contributed by atoms with Gasteiger partial charge in [-0.2, -0.15) is 5.26 Å². The van der Waals surface area contributed by atoms with Gasteiger partial charge in [0.25, 0.3) is 5.91 Å². The van der Waals surface area contributed by atoms with Gasteiger partial charge in [-0.1, -0.05) is 18.2 Å². The number of hydrogen-bond acceptors (Lipinski definition) is 6. The molecule has 1 N–H and O–H groups in total. The Morgan fingerprint density at radius 3 is 2.39 bits per heavy atom. The lowest BCUT2D eigenvalue weighted by Crippen LogP contribution is -2.38. The monoisotopic (exact) mass is 382 g/mol. The van der Waals surface area contributed by atoms with Crippen LogP contribution < -0.4 is 14.8 Å². The van der Waals surface area contributed by atoms with Crippen molar-refractivity contribution in [2.75, 3.05) is 7.11 Å². The van der Waals surface area contributed by atoms with Crippen molar-refractivity contribution in [1.82, 2.24) is 5.32 Å². The number of carbonyl (C=O) groups excluding carboxylic acids is 2. The van der Waals surface area contributed by atoms with Crippen LogP contribution in [0, 0.1) is 11.3 Å². The van der Waals surface area contributed by atoms with Crippen molar-refractivity contribution in [3.63, 3.8) is 0 Å². The highest BCUT2D eigenvalue weighted by molar-refractivity contribution is 5.84. The van der Waals surface area contributed by atoms with Crippen LogP contribution in [0.4, 0.5) is 0 Å². The molecule has 0 aromatic heterocycles. The van der Waals surface area contributed by atoms with Gasteiger partial charge in [-0.15, -0.1) is 0 Å². The largest absolute Gasteiger partial charge is 0.496 e. The number of ether oxygens (including phenoxy) is 3. The van der Waals surface area contributed by atoms with Crippen LogP contribution in [0.5, 0.6) is 11.5 Å². The van der Waals surface area contributed by atoms with E-state index < -0.39 is 24.1 Å². The Hall–Kier alpha value is -3.53. The molecule has 2 rings (SSSR count). The summed E-state index contributed by atoms with van der Waals surface area (Å²) in [6, 6.07) is 15.7. The normalized spacial score (nSPS) is 12.2. The van der Waals surface area contributed by atoms with Gasteiger partial charge in [0.1, 0.15) is 11.5 Å². The second kappa shape index (κ2) is 9.97. The van der Waals surface area contributed by atoms with Crippen LogP contribution in [-0.4, -0.2) is 31.2 Å². The molecule has 0 aliphatic rings. The number of benzene rings is 2. The average Bonchev–Trinajstić information content (AvgIpc) is 2.72. The zero-order chi connectivity index (χ0) is 20.5. The van der Waals surface area contributed by atoms with E-state index in [1.54, 1.807) is 37.4 Å². The summed E-state index contributed by atoms with van der Waals surface area (Å²) in [7, 11) is 1.56. The van der Waals surface area contributed by atoms with Crippen molar-refractivity contribution in [3.8, 4) is 17.6 Å². The number of nitrogens with zero attached hydrogens (tertiary/aromatic N) is 1. The van der Waals surface area contributed by atoms with Gasteiger partial charge in [-0.05, 0) is 44.2 Å². The van der Waals surface area contributed by atoms with Gasteiger partial charge in [-0.25, -0.2) is 4.79 Å². The number of carbonyl (C=O) groups is 2. The number of nitriles is 1. The number of amides is 1. The predicted molar refractivity (Wildman–Crippen MR) is 102 cm³/mol. The van der Waals surface area contributed by atoms with Gasteiger partial charge in [0.05, 0.1) is 18.7 Å². The van der Waals surface area contributed by atoms with Crippen LogP contribution in [0.2, 0.25) is 0 Å². The standard InChI is InChI=1S/C21H22N2O5/c1-14(20(24)23-13-17-6-4-5-7-19(17)26-3)28-21(25)15(2)27-18-10-8-16(12-22)9-11-18/h4-11,14-15H,13H2,1-3H3,(H,23,24)/t14-,15-/m0/s1. The molecule has 2 atom stereocenters. The maximum Gasteiger partial charge on any atom is 0.347 e. The van der Waals surface area contributed by atoms with Crippen molar-refractivity contribution in [2.45, 2.75) is 32.6 Å². The fraction of sp³-hybridized carbons (Fsp3) is 0.286. The molecule has 0 aliphatic heterocycles. The Morgan fingerprint density at radius 2 is 1.75 bits per heavy atom. The lowest BCUT2D eigenvalue weighted by molar-refractivity contribution is -0.160. The molecule has 0 saturated heterocycles. The Morgan fingerprint density at radius 1 is 1.07 bits per heavy atom. The Kier molecular flexibility index (Phi) is 7.40. The van der Waals surface area contributed by atoms with E-state index >= 15 is 0 Å². The third-order valence-corrected chi connectivity index (χ3v) is 3.94. The summed E-state index contributed by atoms with van der Waals surface area (Å²) in [4.78, 5) is 24.4.